The minimum absolute atomic E-state index is 0.0434. The van der Waals surface area contributed by atoms with Crippen LogP contribution in [0.1, 0.15) is 24.6 Å². The zero-order valence-corrected chi connectivity index (χ0v) is 12.1. The van der Waals surface area contributed by atoms with Crippen molar-refractivity contribution in [3.8, 4) is 0 Å². The van der Waals surface area contributed by atoms with E-state index in [0.717, 1.165) is 36.4 Å². The van der Waals surface area contributed by atoms with Crippen molar-refractivity contribution in [3.63, 3.8) is 0 Å². The Morgan fingerprint density at radius 3 is 2.91 bits per heavy atom. The van der Waals surface area contributed by atoms with Gasteiger partial charge in [-0.15, -0.1) is 0 Å². The van der Waals surface area contributed by atoms with Crippen LogP contribution in [0.15, 0.2) is 43.0 Å². The average Bonchev–Trinajstić information content (AvgIpc) is 3.22. The van der Waals surface area contributed by atoms with E-state index >= 15 is 0 Å². The van der Waals surface area contributed by atoms with E-state index in [0.29, 0.717) is 6.54 Å². The van der Waals surface area contributed by atoms with Crippen LogP contribution >= 0.6 is 0 Å². The number of anilines is 1. The van der Waals surface area contributed by atoms with Crippen molar-refractivity contribution in [2.45, 2.75) is 25.6 Å². The Morgan fingerprint density at radius 2 is 2.09 bits per heavy atom. The molecule has 0 bridgehead atoms. The zero-order valence-electron chi connectivity index (χ0n) is 12.1. The molecule has 0 amide bonds. The van der Waals surface area contributed by atoms with Crippen molar-refractivity contribution >= 4 is 17.0 Å². The largest absolute Gasteiger partial charge is 0.364 e. The second-order valence-electron chi connectivity index (χ2n) is 5.35. The lowest BCUT2D eigenvalue weighted by molar-refractivity contribution is 0.0593. The van der Waals surface area contributed by atoms with Gasteiger partial charge in [0, 0.05) is 13.2 Å². The van der Waals surface area contributed by atoms with E-state index in [1.54, 1.807) is 12.7 Å². The molecule has 1 unspecified atom stereocenters. The van der Waals surface area contributed by atoms with E-state index < -0.39 is 0 Å². The van der Waals surface area contributed by atoms with Gasteiger partial charge in [-0.05, 0) is 18.4 Å². The number of hydrogen-bond donors (Lipinski definition) is 1. The number of ether oxygens (including phenoxy) is 1. The number of fused-ring (bicyclic) bond motifs is 1. The van der Waals surface area contributed by atoms with E-state index in [9.17, 15) is 0 Å². The van der Waals surface area contributed by atoms with Gasteiger partial charge in [-0.1, -0.05) is 30.3 Å². The van der Waals surface area contributed by atoms with Crippen LogP contribution in [-0.4, -0.2) is 26.1 Å². The Bertz CT molecular complexity index is 765. The summed E-state index contributed by atoms with van der Waals surface area (Å²) in [6.45, 7) is 1.51. The van der Waals surface area contributed by atoms with Crippen LogP contribution in [0, 0.1) is 0 Å². The van der Waals surface area contributed by atoms with Gasteiger partial charge in [0.1, 0.15) is 12.6 Å². The molecule has 22 heavy (non-hydrogen) atoms. The normalized spacial score (nSPS) is 17.9. The summed E-state index contributed by atoms with van der Waals surface area (Å²) in [4.78, 5) is 13.2. The highest BCUT2D eigenvalue weighted by atomic mass is 16.5. The zero-order chi connectivity index (χ0) is 14.8. The van der Waals surface area contributed by atoms with Crippen LogP contribution in [0.2, 0.25) is 0 Å². The lowest BCUT2D eigenvalue weighted by atomic mass is 10.2. The molecule has 0 aliphatic carbocycles. The van der Waals surface area contributed by atoms with Gasteiger partial charge in [-0.3, -0.25) is 4.57 Å². The fraction of sp³-hybridized carbons (Fsp3) is 0.312. The average molecular weight is 295 g/mol. The van der Waals surface area contributed by atoms with Gasteiger partial charge in [-0.25, -0.2) is 15.0 Å². The maximum absolute atomic E-state index is 5.72. The van der Waals surface area contributed by atoms with Crippen LogP contribution in [0.4, 0.5) is 5.82 Å². The number of benzene rings is 1. The monoisotopic (exact) mass is 295 g/mol. The standard InChI is InChI=1S/C16H17N5O/c1-2-5-12(6-3-1)9-17-15-14-16(19-10-18-15)21(11-20-14)13-7-4-8-22-13/h1-3,5-6,10-11,13H,4,7-9H2,(H,17,18,19). The smallest absolute Gasteiger partial charge is 0.167 e. The van der Waals surface area contributed by atoms with Gasteiger partial charge in [0.25, 0.3) is 0 Å². The van der Waals surface area contributed by atoms with Gasteiger partial charge in [0.05, 0.1) is 6.33 Å². The molecule has 1 aromatic carbocycles. The summed E-state index contributed by atoms with van der Waals surface area (Å²) in [6, 6.07) is 10.2. The van der Waals surface area contributed by atoms with Crippen LogP contribution in [-0.2, 0) is 11.3 Å². The molecule has 3 heterocycles. The number of aromatic nitrogens is 4. The fourth-order valence-corrected chi connectivity index (χ4v) is 2.75. The second-order valence-corrected chi connectivity index (χ2v) is 5.35. The third kappa shape index (κ3) is 2.42. The molecule has 6 heteroatoms. The minimum atomic E-state index is 0.0434. The Labute approximate surface area is 128 Å². The van der Waals surface area contributed by atoms with Crippen molar-refractivity contribution in [3.05, 3.63) is 48.5 Å². The van der Waals surface area contributed by atoms with E-state index in [1.807, 2.05) is 22.8 Å². The first-order valence-corrected chi connectivity index (χ1v) is 7.49. The van der Waals surface area contributed by atoms with Crippen LogP contribution in [0.5, 0.6) is 0 Å². The maximum atomic E-state index is 5.72. The Balaban J connectivity index is 1.61. The summed E-state index contributed by atoms with van der Waals surface area (Å²) in [6.07, 6.45) is 5.49. The highest BCUT2D eigenvalue weighted by molar-refractivity contribution is 5.82. The van der Waals surface area contributed by atoms with Gasteiger partial charge in [0.15, 0.2) is 17.0 Å². The van der Waals surface area contributed by atoms with E-state index in [-0.39, 0.29) is 6.23 Å². The number of hydrogen-bond acceptors (Lipinski definition) is 5. The minimum Gasteiger partial charge on any atom is -0.364 e. The molecule has 112 valence electrons. The number of rotatable bonds is 4. The molecule has 0 saturated carbocycles. The van der Waals surface area contributed by atoms with Crippen LogP contribution in [0.3, 0.4) is 0 Å². The molecular formula is C16H17N5O. The number of nitrogens with one attached hydrogen (secondary N) is 1. The molecule has 1 N–H and O–H groups in total. The Morgan fingerprint density at radius 1 is 1.18 bits per heavy atom. The SMILES string of the molecule is c1ccc(CNc2ncnc3c2ncn3C2CCCO2)cc1. The first-order chi connectivity index (χ1) is 10.9. The Hall–Kier alpha value is -2.47. The molecule has 2 aromatic heterocycles. The van der Waals surface area contributed by atoms with Crippen molar-refractivity contribution in [2.75, 3.05) is 11.9 Å². The predicted molar refractivity (Wildman–Crippen MR) is 83.3 cm³/mol. The van der Waals surface area contributed by atoms with Crippen molar-refractivity contribution in [2.24, 2.45) is 0 Å². The van der Waals surface area contributed by atoms with Crippen molar-refractivity contribution in [1.82, 2.24) is 19.5 Å². The number of imidazole rings is 1. The molecule has 1 aliphatic rings. The molecule has 1 saturated heterocycles. The van der Waals surface area contributed by atoms with Crippen molar-refractivity contribution < 1.29 is 4.74 Å². The first kappa shape index (κ1) is 13.2. The summed E-state index contributed by atoms with van der Waals surface area (Å²) in [5, 5.41) is 3.34. The molecule has 0 spiro atoms. The molecule has 6 nitrogen and oxygen atoms in total. The maximum Gasteiger partial charge on any atom is 0.167 e. The lowest BCUT2D eigenvalue weighted by Gasteiger charge is -2.11. The molecule has 0 radical (unpaired) electrons. The van der Waals surface area contributed by atoms with Gasteiger partial charge in [-0.2, -0.15) is 0 Å². The van der Waals surface area contributed by atoms with Gasteiger partial charge < -0.3 is 10.1 Å². The third-order valence-corrected chi connectivity index (χ3v) is 3.88. The van der Waals surface area contributed by atoms with Crippen LogP contribution < -0.4 is 5.32 Å². The highest BCUT2D eigenvalue weighted by Crippen LogP contribution is 2.27. The number of nitrogens with zero attached hydrogens (tertiary/aromatic N) is 4. The summed E-state index contributed by atoms with van der Waals surface area (Å²) in [5.74, 6) is 0.755. The predicted octanol–water partition coefficient (Wildman–Crippen LogP) is 2.75. The van der Waals surface area contributed by atoms with Gasteiger partial charge >= 0.3 is 0 Å². The summed E-state index contributed by atoms with van der Waals surface area (Å²) in [7, 11) is 0. The molecular weight excluding hydrogens is 278 g/mol. The lowest BCUT2D eigenvalue weighted by Crippen LogP contribution is -2.07. The molecule has 1 aliphatic heterocycles. The summed E-state index contributed by atoms with van der Waals surface area (Å²) < 4.78 is 7.71. The summed E-state index contributed by atoms with van der Waals surface area (Å²) >= 11 is 0. The summed E-state index contributed by atoms with van der Waals surface area (Å²) in [5.41, 5.74) is 2.80. The van der Waals surface area contributed by atoms with E-state index in [4.69, 9.17) is 4.74 Å². The molecule has 1 fully saturated rings. The van der Waals surface area contributed by atoms with E-state index in [2.05, 4.69) is 32.4 Å². The third-order valence-electron chi connectivity index (χ3n) is 3.88. The van der Waals surface area contributed by atoms with Gasteiger partial charge in [0.2, 0.25) is 0 Å². The topological polar surface area (TPSA) is 64.9 Å². The first-order valence-electron chi connectivity index (χ1n) is 7.49. The Kier molecular flexibility index (Phi) is 3.44. The second kappa shape index (κ2) is 5.73. The quantitative estimate of drug-likeness (QED) is 0.801. The molecule has 1 atom stereocenters. The van der Waals surface area contributed by atoms with E-state index in [1.165, 1.54) is 5.56 Å². The fourth-order valence-electron chi connectivity index (χ4n) is 2.75. The van der Waals surface area contributed by atoms with Crippen LogP contribution in [0.25, 0.3) is 11.2 Å². The molecule has 3 aromatic rings. The van der Waals surface area contributed by atoms with Crippen molar-refractivity contribution in [1.29, 1.82) is 0 Å². The molecule has 4 rings (SSSR count). The highest BCUT2D eigenvalue weighted by Gasteiger charge is 2.21.